The van der Waals surface area contributed by atoms with Crippen LogP contribution in [-0.2, 0) is 9.53 Å². The van der Waals surface area contributed by atoms with Gasteiger partial charge >= 0.3 is 0 Å². The quantitative estimate of drug-likeness (QED) is 0.694. The van der Waals surface area contributed by atoms with E-state index in [9.17, 15) is 4.79 Å². The molecule has 1 heterocycles. The molecule has 0 bridgehead atoms. The molecule has 0 aromatic rings. The van der Waals surface area contributed by atoms with E-state index in [1.807, 2.05) is 13.8 Å². The lowest BCUT2D eigenvalue weighted by Crippen LogP contribution is -2.37. The molecule has 0 saturated carbocycles. The highest BCUT2D eigenvalue weighted by molar-refractivity contribution is 5.88. The van der Waals surface area contributed by atoms with Gasteiger partial charge in [0.15, 0.2) is 5.90 Å². The Hall–Kier alpha value is -1.06. The van der Waals surface area contributed by atoms with Crippen LogP contribution < -0.4 is 5.32 Å². The molecule has 13 heavy (non-hydrogen) atoms. The van der Waals surface area contributed by atoms with Gasteiger partial charge in [-0.05, 0) is 6.92 Å². The average Bonchev–Trinajstić information content (AvgIpc) is 2.18. The Bertz CT molecular complexity index is 214. The highest BCUT2D eigenvalue weighted by Crippen LogP contribution is 2.07. The Morgan fingerprint density at radius 2 is 2.54 bits per heavy atom. The second kappa shape index (κ2) is 4.84. The smallest absolute Gasteiger partial charge is 0.245 e. The fourth-order valence-corrected chi connectivity index (χ4v) is 1.12. The van der Waals surface area contributed by atoms with E-state index in [0.29, 0.717) is 19.0 Å². The SMILES string of the molecule is CCNC(=O)C1[CH]COC(CC)=N1. The second-order valence-electron chi connectivity index (χ2n) is 2.76. The van der Waals surface area contributed by atoms with Crippen molar-refractivity contribution in [3.05, 3.63) is 6.42 Å². The molecular weight excluding hydrogens is 168 g/mol. The maximum absolute atomic E-state index is 11.4. The molecule has 1 unspecified atom stereocenters. The highest BCUT2D eigenvalue weighted by Gasteiger charge is 2.21. The maximum atomic E-state index is 11.4. The van der Waals surface area contributed by atoms with Crippen molar-refractivity contribution in [2.45, 2.75) is 26.3 Å². The number of rotatable bonds is 3. The van der Waals surface area contributed by atoms with Crippen LogP contribution >= 0.6 is 0 Å². The van der Waals surface area contributed by atoms with Gasteiger partial charge < -0.3 is 10.1 Å². The zero-order valence-corrected chi connectivity index (χ0v) is 8.04. The molecule has 0 saturated heterocycles. The van der Waals surface area contributed by atoms with Gasteiger partial charge in [0, 0.05) is 19.4 Å². The number of likely N-dealkylation sites (N-methyl/N-ethyl adjacent to an activating group) is 1. The summed E-state index contributed by atoms with van der Waals surface area (Å²) >= 11 is 0. The van der Waals surface area contributed by atoms with Crippen LogP contribution in [0.25, 0.3) is 0 Å². The number of amides is 1. The Balaban J connectivity index is 2.54. The van der Waals surface area contributed by atoms with E-state index in [4.69, 9.17) is 4.74 Å². The largest absolute Gasteiger partial charge is 0.481 e. The van der Waals surface area contributed by atoms with Crippen molar-refractivity contribution in [3.8, 4) is 0 Å². The molecular formula is C9H15N2O2. The molecule has 1 aliphatic heterocycles. The van der Waals surface area contributed by atoms with Crippen molar-refractivity contribution in [3.63, 3.8) is 0 Å². The van der Waals surface area contributed by atoms with Gasteiger partial charge in [0.05, 0.1) is 6.61 Å². The normalized spacial score (nSPS) is 21.7. The van der Waals surface area contributed by atoms with E-state index in [1.54, 1.807) is 6.42 Å². The number of nitrogens with one attached hydrogen (secondary N) is 1. The molecule has 0 aliphatic carbocycles. The van der Waals surface area contributed by atoms with Crippen molar-refractivity contribution >= 4 is 11.8 Å². The molecule has 4 nitrogen and oxygen atoms in total. The summed E-state index contributed by atoms with van der Waals surface area (Å²) in [5.74, 6) is 0.621. The van der Waals surface area contributed by atoms with E-state index in [0.717, 1.165) is 6.42 Å². The van der Waals surface area contributed by atoms with Gasteiger partial charge in [0.2, 0.25) is 5.91 Å². The first-order valence-electron chi connectivity index (χ1n) is 4.58. The number of ether oxygens (including phenoxy) is 1. The van der Waals surface area contributed by atoms with E-state index >= 15 is 0 Å². The Labute approximate surface area is 78.4 Å². The van der Waals surface area contributed by atoms with E-state index in [1.165, 1.54) is 0 Å². The number of carbonyl (C=O) groups excluding carboxylic acids is 1. The number of aliphatic imine (C=N–C) groups is 1. The summed E-state index contributed by atoms with van der Waals surface area (Å²) < 4.78 is 5.20. The summed E-state index contributed by atoms with van der Waals surface area (Å²) in [6, 6.07) is -0.358. The standard InChI is InChI=1S/C9H15N2O2/c1-3-8-11-7(5-6-13-8)9(12)10-4-2/h5,7H,3-4,6H2,1-2H3,(H,10,12). The average molecular weight is 183 g/mol. The molecule has 1 radical (unpaired) electrons. The summed E-state index contributed by atoms with van der Waals surface area (Å²) in [4.78, 5) is 15.5. The third kappa shape index (κ3) is 2.72. The molecule has 0 fully saturated rings. The van der Waals surface area contributed by atoms with Crippen molar-refractivity contribution < 1.29 is 9.53 Å². The van der Waals surface area contributed by atoms with Gasteiger partial charge in [-0.15, -0.1) is 0 Å². The van der Waals surface area contributed by atoms with E-state index in [2.05, 4.69) is 10.3 Å². The predicted molar refractivity (Wildman–Crippen MR) is 50.4 cm³/mol. The summed E-state index contributed by atoms with van der Waals surface area (Å²) in [6.07, 6.45) is 2.51. The van der Waals surface area contributed by atoms with Crippen LogP contribution in [-0.4, -0.2) is 31.0 Å². The van der Waals surface area contributed by atoms with Crippen LogP contribution in [0.3, 0.4) is 0 Å². The van der Waals surface area contributed by atoms with E-state index < -0.39 is 0 Å². The number of hydrogen-bond acceptors (Lipinski definition) is 3. The van der Waals surface area contributed by atoms with Gasteiger partial charge in [0.1, 0.15) is 6.04 Å². The zero-order chi connectivity index (χ0) is 9.68. The summed E-state index contributed by atoms with van der Waals surface area (Å²) in [5.41, 5.74) is 0. The van der Waals surface area contributed by atoms with Crippen LogP contribution in [0.5, 0.6) is 0 Å². The lowest BCUT2D eigenvalue weighted by Gasteiger charge is -2.19. The molecule has 1 atom stereocenters. The summed E-state index contributed by atoms with van der Waals surface area (Å²) in [5, 5.41) is 2.73. The number of hydrogen-bond donors (Lipinski definition) is 1. The van der Waals surface area contributed by atoms with Crippen molar-refractivity contribution in [2.24, 2.45) is 4.99 Å². The fraction of sp³-hybridized carbons (Fsp3) is 0.667. The molecule has 1 aliphatic rings. The third-order valence-corrected chi connectivity index (χ3v) is 1.77. The molecule has 4 heteroatoms. The van der Waals surface area contributed by atoms with Crippen LogP contribution in [0.2, 0.25) is 0 Å². The predicted octanol–water partition coefficient (Wildman–Crippen LogP) is 0.534. The summed E-state index contributed by atoms with van der Waals surface area (Å²) in [7, 11) is 0. The molecule has 0 aromatic carbocycles. The fourth-order valence-electron chi connectivity index (χ4n) is 1.12. The number of nitrogens with zero attached hydrogens (tertiary/aromatic N) is 1. The minimum atomic E-state index is -0.358. The lowest BCUT2D eigenvalue weighted by atomic mass is 10.2. The van der Waals surface area contributed by atoms with Crippen LogP contribution in [0.15, 0.2) is 4.99 Å². The Morgan fingerprint density at radius 3 is 3.15 bits per heavy atom. The minimum absolute atomic E-state index is 0.0447. The minimum Gasteiger partial charge on any atom is -0.481 e. The molecule has 1 rings (SSSR count). The van der Waals surface area contributed by atoms with Crippen LogP contribution in [0, 0.1) is 6.42 Å². The maximum Gasteiger partial charge on any atom is 0.245 e. The topological polar surface area (TPSA) is 50.7 Å². The third-order valence-electron chi connectivity index (χ3n) is 1.77. The second-order valence-corrected chi connectivity index (χ2v) is 2.76. The molecule has 0 spiro atoms. The summed E-state index contributed by atoms with van der Waals surface area (Å²) in [6.45, 7) is 4.97. The first-order chi connectivity index (χ1) is 6.27. The van der Waals surface area contributed by atoms with Gasteiger partial charge in [-0.25, -0.2) is 4.99 Å². The first-order valence-corrected chi connectivity index (χ1v) is 4.58. The zero-order valence-electron chi connectivity index (χ0n) is 8.04. The molecule has 0 aromatic heterocycles. The molecule has 1 amide bonds. The van der Waals surface area contributed by atoms with Crippen LogP contribution in [0.1, 0.15) is 20.3 Å². The van der Waals surface area contributed by atoms with Crippen molar-refractivity contribution in [1.29, 1.82) is 0 Å². The van der Waals surface area contributed by atoms with E-state index in [-0.39, 0.29) is 11.9 Å². The lowest BCUT2D eigenvalue weighted by molar-refractivity contribution is -0.121. The highest BCUT2D eigenvalue weighted by atomic mass is 16.5. The Kier molecular flexibility index (Phi) is 3.73. The van der Waals surface area contributed by atoms with Crippen molar-refractivity contribution in [2.75, 3.05) is 13.2 Å². The first kappa shape index (κ1) is 10.0. The monoisotopic (exact) mass is 183 g/mol. The van der Waals surface area contributed by atoms with Crippen molar-refractivity contribution in [1.82, 2.24) is 5.32 Å². The molecule has 1 N–H and O–H groups in total. The van der Waals surface area contributed by atoms with Gasteiger partial charge in [0.25, 0.3) is 0 Å². The Morgan fingerprint density at radius 1 is 1.77 bits per heavy atom. The van der Waals surface area contributed by atoms with Gasteiger partial charge in [-0.1, -0.05) is 6.92 Å². The van der Waals surface area contributed by atoms with Gasteiger partial charge in [-0.3, -0.25) is 4.79 Å². The van der Waals surface area contributed by atoms with Crippen LogP contribution in [0.4, 0.5) is 0 Å². The number of carbonyl (C=O) groups is 1. The van der Waals surface area contributed by atoms with Gasteiger partial charge in [-0.2, -0.15) is 0 Å². The molecule has 73 valence electrons.